The SMILES string of the molecule is CC(C)(C)C(=O)OCOC(=O)c1sc2c(c1N)c1ccccc1c(=O)n2-c1ccccc1. The molecule has 0 saturated heterocycles. The number of esters is 2. The van der Waals surface area contributed by atoms with Crippen molar-refractivity contribution in [1.29, 1.82) is 0 Å². The fraction of sp³-hybridized carbons (Fsp3) is 0.208. The number of nitrogens with two attached hydrogens (primary N) is 1. The molecule has 4 aromatic rings. The topological polar surface area (TPSA) is 101 Å². The summed E-state index contributed by atoms with van der Waals surface area (Å²) in [6.07, 6.45) is 0. The van der Waals surface area contributed by atoms with Crippen molar-refractivity contribution in [3.05, 3.63) is 69.8 Å². The molecule has 164 valence electrons. The largest absolute Gasteiger partial charge is 0.427 e. The molecule has 0 aliphatic carbocycles. The van der Waals surface area contributed by atoms with Gasteiger partial charge in [0.2, 0.25) is 6.79 Å². The molecule has 0 bridgehead atoms. The number of anilines is 1. The Labute approximate surface area is 188 Å². The lowest BCUT2D eigenvalue weighted by molar-refractivity contribution is -0.161. The second-order valence-electron chi connectivity index (χ2n) is 8.28. The molecule has 2 aromatic heterocycles. The Morgan fingerprint density at radius 2 is 1.59 bits per heavy atom. The molecule has 0 aliphatic rings. The van der Waals surface area contributed by atoms with E-state index in [2.05, 4.69) is 0 Å². The number of rotatable bonds is 4. The molecule has 32 heavy (non-hydrogen) atoms. The summed E-state index contributed by atoms with van der Waals surface area (Å²) in [5.74, 6) is -1.21. The predicted octanol–water partition coefficient (Wildman–Crippen LogP) is 4.49. The minimum Gasteiger partial charge on any atom is -0.427 e. The number of aromatic nitrogens is 1. The maximum Gasteiger partial charge on any atom is 0.353 e. The fourth-order valence-corrected chi connectivity index (χ4v) is 4.48. The summed E-state index contributed by atoms with van der Waals surface area (Å²) in [4.78, 5) is 38.7. The first-order valence-electron chi connectivity index (χ1n) is 9.95. The molecule has 0 amide bonds. The van der Waals surface area contributed by atoms with Gasteiger partial charge in [0.05, 0.1) is 16.8 Å². The van der Waals surface area contributed by atoms with Crippen LogP contribution in [0, 0.1) is 5.41 Å². The highest BCUT2D eigenvalue weighted by Gasteiger charge is 2.26. The molecule has 0 saturated carbocycles. The number of carbonyl (C=O) groups is 2. The van der Waals surface area contributed by atoms with Gasteiger partial charge in [-0.3, -0.25) is 14.2 Å². The molecule has 0 atom stereocenters. The number of hydrogen-bond donors (Lipinski definition) is 1. The van der Waals surface area contributed by atoms with E-state index in [-0.39, 0.29) is 16.1 Å². The molecular formula is C24H22N2O5S. The molecule has 8 heteroatoms. The lowest BCUT2D eigenvalue weighted by atomic mass is 9.98. The Bertz CT molecular complexity index is 1400. The summed E-state index contributed by atoms with van der Waals surface area (Å²) in [5.41, 5.74) is 6.35. The monoisotopic (exact) mass is 450 g/mol. The van der Waals surface area contributed by atoms with E-state index in [0.29, 0.717) is 26.7 Å². The zero-order valence-corrected chi connectivity index (χ0v) is 18.7. The Hall–Kier alpha value is -3.65. The van der Waals surface area contributed by atoms with E-state index in [4.69, 9.17) is 15.2 Å². The van der Waals surface area contributed by atoms with E-state index in [0.717, 1.165) is 11.3 Å². The molecule has 7 nitrogen and oxygen atoms in total. The number of nitrogen functional groups attached to an aromatic ring is 1. The maximum atomic E-state index is 13.3. The highest BCUT2D eigenvalue weighted by atomic mass is 32.1. The zero-order chi connectivity index (χ0) is 23.0. The summed E-state index contributed by atoms with van der Waals surface area (Å²) in [6, 6.07) is 16.3. The molecule has 2 N–H and O–H groups in total. The lowest BCUT2D eigenvalue weighted by Gasteiger charge is -2.16. The number of nitrogens with zero attached hydrogens (tertiary/aromatic N) is 1. The van der Waals surface area contributed by atoms with Crippen LogP contribution in [0.3, 0.4) is 0 Å². The van der Waals surface area contributed by atoms with Gasteiger partial charge in [0.1, 0.15) is 9.71 Å². The summed E-state index contributed by atoms with van der Waals surface area (Å²) >= 11 is 1.07. The van der Waals surface area contributed by atoms with Crippen LogP contribution in [0.15, 0.2) is 59.4 Å². The van der Waals surface area contributed by atoms with Crippen LogP contribution >= 0.6 is 11.3 Å². The van der Waals surface area contributed by atoms with Crippen molar-refractivity contribution in [2.75, 3.05) is 12.5 Å². The Morgan fingerprint density at radius 3 is 2.25 bits per heavy atom. The lowest BCUT2D eigenvalue weighted by Crippen LogP contribution is -2.24. The van der Waals surface area contributed by atoms with Crippen LogP contribution in [-0.4, -0.2) is 23.3 Å². The highest BCUT2D eigenvalue weighted by Crippen LogP contribution is 2.38. The normalized spacial score (nSPS) is 11.6. The molecular weight excluding hydrogens is 428 g/mol. The van der Waals surface area contributed by atoms with E-state index in [1.807, 2.05) is 36.4 Å². The van der Waals surface area contributed by atoms with E-state index in [1.54, 1.807) is 43.5 Å². The van der Waals surface area contributed by atoms with Crippen molar-refractivity contribution >= 4 is 50.0 Å². The maximum absolute atomic E-state index is 13.3. The van der Waals surface area contributed by atoms with Gasteiger partial charge in [-0.05, 0) is 44.4 Å². The molecule has 2 aromatic carbocycles. The van der Waals surface area contributed by atoms with Crippen molar-refractivity contribution in [3.63, 3.8) is 0 Å². The summed E-state index contributed by atoms with van der Waals surface area (Å²) in [7, 11) is 0. The Kier molecular flexibility index (Phi) is 5.48. The Morgan fingerprint density at radius 1 is 0.969 bits per heavy atom. The van der Waals surface area contributed by atoms with E-state index in [9.17, 15) is 14.4 Å². The number of fused-ring (bicyclic) bond motifs is 3. The first-order chi connectivity index (χ1) is 15.2. The molecule has 0 unspecified atom stereocenters. The minimum atomic E-state index is -0.721. The van der Waals surface area contributed by atoms with Gasteiger partial charge in [-0.1, -0.05) is 36.4 Å². The van der Waals surface area contributed by atoms with Gasteiger partial charge >= 0.3 is 11.9 Å². The van der Waals surface area contributed by atoms with Crippen molar-refractivity contribution in [2.24, 2.45) is 5.41 Å². The fourth-order valence-electron chi connectivity index (χ4n) is 3.33. The second kappa shape index (κ2) is 8.12. The van der Waals surface area contributed by atoms with Crippen molar-refractivity contribution in [2.45, 2.75) is 20.8 Å². The van der Waals surface area contributed by atoms with Crippen molar-refractivity contribution < 1.29 is 19.1 Å². The van der Waals surface area contributed by atoms with Gasteiger partial charge in [0.25, 0.3) is 5.56 Å². The van der Waals surface area contributed by atoms with Crippen LogP contribution in [-0.2, 0) is 14.3 Å². The molecule has 0 fully saturated rings. The van der Waals surface area contributed by atoms with Crippen LogP contribution < -0.4 is 11.3 Å². The van der Waals surface area contributed by atoms with E-state index < -0.39 is 24.1 Å². The first kappa shape index (κ1) is 21.6. The van der Waals surface area contributed by atoms with Crippen LogP contribution in [0.1, 0.15) is 30.4 Å². The second-order valence-corrected chi connectivity index (χ2v) is 9.28. The van der Waals surface area contributed by atoms with Gasteiger partial charge in [-0.15, -0.1) is 11.3 Å². The van der Waals surface area contributed by atoms with Crippen molar-refractivity contribution in [1.82, 2.24) is 4.57 Å². The third kappa shape index (κ3) is 3.73. The van der Waals surface area contributed by atoms with Crippen LogP contribution in [0.2, 0.25) is 0 Å². The number of pyridine rings is 1. The van der Waals surface area contributed by atoms with Crippen LogP contribution in [0.25, 0.3) is 26.7 Å². The van der Waals surface area contributed by atoms with E-state index >= 15 is 0 Å². The van der Waals surface area contributed by atoms with Gasteiger partial charge in [-0.25, -0.2) is 4.79 Å². The number of carbonyl (C=O) groups excluding carboxylic acids is 2. The summed E-state index contributed by atoms with van der Waals surface area (Å²) < 4.78 is 11.7. The molecule has 2 heterocycles. The smallest absolute Gasteiger partial charge is 0.353 e. The van der Waals surface area contributed by atoms with Gasteiger partial charge in [0, 0.05) is 10.8 Å². The van der Waals surface area contributed by atoms with Crippen LogP contribution in [0.4, 0.5) is 5.69 Å². The summed E-state index contributed by atoms with van der Waals surface area (Å²) in [5, 5.41) is 1.76. The third-order valence-electron chi connectivity index (χ3n) is 4.95. The van der Waals surface area contributed by atoms with Crippen molar-refractivity contribution in [3.8, 4) is 5.69 Å². The average Bonchev–Trinajstić information content (AvgIpc) is 3.11. The van der Waals surface area contributed by atoms with Gasteiger partial charge in [-0.2, -0.15) is 0 Å². The number of hydrogen-bond acceptors (Lipinski definition) is 7. The third-order valence-corrected chi connectivity index (χ3v) is 6.12. The van der Waals surface area contributed by atoms with Crippen LogP contribution in [0.5, 0.6) is 0 Å². The number of ether oxygens (including phenoxy) is 2. The summed E-state index contributed by atoms with van der Waals surface area (Å²) in [6.45, 7) is 4.59. The number of benzene rings is 2. The number of thiophene rings is 1. The number of para-hydroxylation sites is 1. The molecule has 4 rings (SSSR count). The standard InChI is InChI=1S/C24H22N2O5S/c1-24(2,3)23(29)31-13-30-22(28)19-18(25)17-15-11-7-8-12-16(15)20(27)26(21(17)32-19)14-9-5-4-6-10-14/h4-12H,13,25H2,1-3H3. The van der Waals surface area contributed by atoms with E-state index in [1.165, 1.54) is 0 Å². The van der Waals surface area contributed by atoms with Gasteiger partial charge < -0.3 is 15.2 Å². The predicted molar refractivity (Wildman–Crippen MR) is 125 cm³/mol. The molecule has 0 aliphatic heterocycles. The highest BCUT2D eigenvalue weighted by molar-refractivity contribution is 7.21. The minimum absolute atomic E-state index is 0.146. The molecule has 0 spiro atoms. The quantitative estimate of drug-likeness (QED) is 0.363. The zero-order valence-electron chi connectivity index (χ0n) is 17.9. The first-order valence-corrected chi connectivity index (χ1v) is 10.8. The van der Waals surface area contributed by atoms with Gasteiger partial charge in [0.15, 0.2) is 0 Å². The average molecular weight is 451 g/mol. The Balaban J connectivity index is 1.82. The molecule has 0 radical (unpaired) electrons.